The third kappa shape index (κ3) is 4.70. The Labute approximate surface area is 191 Å². The largest absolute Gasteiger partial charge is 0.496 e. The van der Waals surface area contributed by atoms with Crippen molar-refractivity contribution in [2.24, 2.45) is 0 Å². The van der Waals surface area contributed by atoms with E-state index in [1.165, 1.54) is 5.56 Å². The molecule has 32 heavy (non-hydrogen) atoms. The lowest BCUT2D eigenvalue weighted by molar-refractivity contribution is 0.307. The summed E-state index contributed by atoms with van der Waals surface area (Å²) in [7, 11) is 1.74. The van der Waals surface area contributed by atoms with E-state index in [1.807, 2.05) is 18.2 Å². The fraction of sp³-hybridized carbons (Fsp3) is 0.200. The minimum atomic E-state index is -0.00682. The Balaban J connectivity index is 1.94. The monoisotopic (exact) mass is 422 g/mol. The van der Waals surface area contributed by atoms with Gasteiger partial charge in [-0.05, 0) is 23.6 Å². The Morgan fingerprint density at radius 1 is 0.688 bits per heavy atom. The van der Waals surface area contributed by atoms with E-state index in [1.54, 1.807) is 7.11 Å². The molecule has 4 aromatic rings. The van der Waals surface area contributed by atoms with Crippen molar-refractivity contribution in [3.63, 3.8) is 0 Å². The Hall–Kier alpha value is -3.52. The summed E-state index contributed by atoms with van der Waals surface area (Å²) in [6.45, 7) is 2.88. The fourth-order valence-corrected chi connectivity index (χ4v) is 4.18. The standard InChI is InChI=1S/C30H30O2/c1-3-4-22-32-30-25(23-14-7-5-8-15-23)19-13-20-27(30)29(24-16-9-6-10-17-24)26-18-11-12-21-28(26)31-2/h5-21,29H,3-4,22H2,1-2H3. The van der Waals surface area contributed by atoms with Gasteiger partial charge in [0.2, 0.25) is 0 Å². The highest BCUT2D eigenvalue weighted by molar-refractivity contribution is 5.74. The van der Waals surface area contributed by atoms with E-state index in [2.05, 4.69) is 91.9 Å². The highest BCUT2D eigenvalue weighted by Gasteiger charge is 2.25. The van der Waals surface area contributed by atoms with E-state index >= 15 is 0 Å². The Morgan fingerprint density at radius 2 is 1.34 bits per heavy atom. The van der Waals surface area contributed by atoms with Crippen LogP contribution >= 0.6 is 0 Å². The summed E-state index contributed by atoms with van der Waals surface area (Å²) >= 11 is 0. The van der Waals surface area contributed by atoms with Gasteiger partial charge in [0.05, 0.1) is 13.7 Å². The van der Waals surface area contributed by atoms with E-state index in [0.717, 1.165) is 46.6 Å². The van der Waals surface area contributed by atoms with Crippen LogP contribution in [0.3, 0.4) is 0 Å². The van der Waals surface area contributed by atoms with Crippen molar-refractivity contribution in [2.45, 2.75) is 25.7 Å². The van der Waals surface area contributed by atoms with Gasteiger partial charge in [-0.1, -0.05) is 110 Å². The van der Waals surface area contributed by atoms with Crippen LogP contribution < -0.4 is 9.47 Å². The number of benzene rings is 4. The molecule has 0 bridgehead atoms. The van der Waals surface area contributed by atoms with Gasteiger partial charge in [0.25, 0.3) is 0 Å². The van der Waals surface area contributed by atoms with Crippen LogP contribution in [0.15, 0.2) is 103 Å². The first-order chi connectivity index (χ1) is 15.8. The molecule has 0 fully saturated rings. The average Bonchev–Trinajstić information content (AvgIpc) is 2.86. The van der Waals surface area contributed by atoms with Crippen LogP contribution in [-0.2, 0) is 0 Å². The van der Waals surface area contributed by atoms with E-state index in [9.17, 15) is 0 Å². The molecule has 0 aliphatic heterocycles. The smallest absolute Gasteiger partial charge is 0.131 e. The predicted molar refractivity (Wildman–Crippen MR) is 133 cm³/mol. The summed E-state index contributed by atoms with van der Waals surface area (Å²) in [6.07, 6.45) is 2.12. The Bertz CT molecular complexity index is 1120. The minimum Gasteiger partial charge on any atom is -0.496 e. The summed E-state index contributed by atoms with van der Waals surface area (Å²) in [5, 5.41) is 0. The molecule has 2 heteroatoms. The lowest BCUT2D eigenvalue weighted by atomic mass is 9.83. The summed E-state index contributed by atoms with van der Waals surface area (Å²) < 4.78 is 12.3. The molecule has 4 aromatic carbocycles. The first-order valence-corrected chi connectivity index (χ1v) is 11.3. The number of hydrogen-bond donors (Lipinski definition) is 0. The average molecular weight is 423 g/mol. The Morgan fingerprint density at radius 3 is 2.06 bits per heavy atom. The SMILES string of the molecule is CCCCOc1c(-c2ccccc2)cccc1C(c1ccccc1)c1ccccc1OC. The maximum atomic E-state index is 6.52. The van der Waals surface area contributed by atoms with Gasteiger partial charge >= 0.3 is 0 Å². The zero-order valence-electron chi connectivity index (χ0n) is 18.8. The molecule has 0 N–H and O–H groups in total. The molecule has 0 aliphatic carbocycles. The van der Waals surface area contributed by atoms with Gasteiger partial charge in [-0.2, -0.15) is 0 Å². The third-order valence-electron chi connectivity index (χ3n) is 5.77. The molecular formula is C30H30O2. The van der Waals surface area contributed by atoms with Gasteiger partial charge < -0.3 is 9.47 Å². The zero-order chi connectivity index (χ0) is 22.2. The molecule has 1 unspecified atom stereocenters. The van der Waals surface area contributed by atoms with Gasteiger partial charge in [-0.15, -0.1) is 0 Å². The molecule has 0 spiro atoms. The fourth-order valence-electron chi connectivity index (χ4n) is 4.18. The molecule has 0 aromatic heterocycles. The number of ether oxygens (including phenoxy) is 2. The van der Waals surface area contributed by atoms with Crippen LogP contribution in [0.25, 0.3) is 11.1 Å². The molecule has 0 heterocycles. The van der Waals surface area contributed by atoms with Crippen molar-refractivity contribution in [1.82, 2.24) is 0 Å². The van der Waals surface area contributed by atoms with Crippen LogP contribution in [-0.4, -0.2) is 13.7 Å². The number of unbranched alkanes of at least 4 members (excludes halogenated alkanes) is 1. The lowest BCUT2D eigenvalue weighted by Gasteiger charge is -2.25. The van der Waals surface area contributed by atoms with E-state index < -0.39 is 0 Å². The van der Waals surface area contributed by atoms with Crippen LogP contribution in [0.1, 0.15) is 42.4 Å². The quantitative estimate of drug-likeness (QED) is 0.203. The highest BCUT2D eigenvalue weighted by Crippen LogP contribution is 2.44. The molecule has 0 aliphatic rings. The molecule has 2 nitrogen and oxygen atoms in total. The third-order valence-corrected chi connectivity index (χ3v) is 5.77. The van der Waals surface area contributed by atoms with Gasteiger partial charge in [-0.25, -0.2) is 0 Å². The van der Waals surface area contributed by atoms with Gasteiger partial charge in [0, 0.05) is 22.6 Å². The van der Waals surface area contributed by atoms with Gasteiger partial charge in [0.1, 0.15) is 11.5 Å². The van der Waals surface area contributed by atoms with Crippen molar-refractivity contribution in [3.05, 3.63) is 120 Å². The number of para-hydroxylation sites is 2. The first-order valence-electron chi connectivity index (χ1n) is 11.3. The van der Waals surface area contributed by atoms with E-state index in [-0.39, 0.29) is 5.92 Å². The number of hydrogen-bond acceptors (Lipinski definition) is 2. The second-order valence-electron chi connectivity index (χ2n) is 7.88. The normalized spacial score (nSPS) is 11.7. The molecule has 0 saturated heterocycles. The van der Waals surface area contributed by atoms with Crippen LogP contribution in [0, 0.1) is 0 Å². The van der Waals surface area contributed by atoms with E-state index in [0.29, 0.717) is 6.61 Å². The highest BCUT2D eigenvalue weighted by atomic mass is 16.5. The second kappa shape index (κ2) is 10.7. The summed E-state index contributed by atoms with van der Waals surface area (Å²) in [5.41, 5.74) is 5.77. The molecule has 0 amide bonds. The van der Waals surface area contributed by atoms with E-state index in [4.69, 9.17) is 9.47 Å². The number of methoxy groups -OCH3 is 1. The second-order valence-corrected chi connectivity index (χ2v) is 7.88. The van der Waals surface area contributed by atoms with Crippen molar-refractivity contribution in [3.8, 4) is 22.6 Å². The minimum absolute atomic E-state index is 0.00682. The van der Waals surface area contributed by atoms with Crippen LogP contribution in [0.2, 0.25) is 0 Å². The maximum Gasteiger partial charge on any atom is 0.131 e. The number of rotatable bonds is 9. The van der Waals surface area contributed by atoms with Crippen molar-refractivity contribution in [1.29, 1.82) is 0 Å². The van der Waals surface area contributed by atoms with Crippen molar-refractivity contribution in [2.75, 3.05) is 13.7 Å². The molecule has 162 valence electrons. The predicted octanol–water partition coefficient (Wildman–Crippen LogP) is 7.72. The first kappa shape index (κ1) is 21.7. The summed E-state index contributed by atoms with van der Waals surface area (Å²) in [4.78, 5) is 0. The lowest BCUT2D eigenvalue weighted by Crippen LogP contribution is -2.09. The zero-order valence-corrected chi connectivity index (χ0v) is 18.8. The van der Waals surface area contributed by atoms with Crippen LogP contribution in [0.4, 0.5) is 0 Å². The van der Waals surface area contributed by atoms with Crippen molar-refractivity contribution >= 4 is 0 Å². The van der Waals surface area contributed by atoms with Crippen LogP contribution in [0.5, 0.6) is 11.5 Å². The Kier molecular flexibility index (Phi) is 7.24. The van der Waals surface area contributed by atoms with Gasteiger partial charge in [-0.3, -0.25) is 0 Å². The molecule has 1 atom stereocenters. The topological polar surface area (TPSA) is 18.5 Å². The maximum absolute atomic E-state index is 6.52. The summed E-state index contributed by atoms with van der Waals surface area (Å²) in [5.74, 6) is 1.82. The molecule has 0 saturated carbocycles. The molecule has 0 radical (unpaired) electrons. The molecule has 4 rings (SSSR count). The van der Waals surface area contributed by atoms with Crippen molar-refractivity contribution < 1.29 is 9.47 Å². The molecular weight excluding hydrogens is 392 g/mol. The van der Waals surface area contributed by atoms with Gasteiger partial charge in [0.15, 0.2) is 0 Å². The summed E-state index contributed by atoms with van der Waals surface area (Å²) in [6, 6.07) is 35.9.